The van der Waals surface area contributed by atoms with Crippen molar-refractivity contribution in [2.24, 2.45) is 0 Å². The van der Waals surface area contributed by atoms with E-state index in [0.29, 0.717) is 22.5 Å². The van der Waals surface area contributed by atoms with Gasteiger partial charge in [-0.05, 0) is 72.8 Å². The van der Waals surface area contributed by atoms with Crippen LogP contribution >= 0.6 is 0 Å². The van der Waals surface area contributed by atoms with Crippen molar-refractivity contribution in [3.8, 4) is 17.6 Å². The lowest BCUT2D eigenvalue weighted by atomic mass is 10.1. The predicted molar refractivity (Wildman–Crippen MR) is 93.8 cm³/mol. The number of amides is 1. The van der Waals surface area contributed by atoms with Crippen molar-refractivity contribution in [2.45, 2.75) is 0 Å². The van der Waals surface area contributed by atoms with Gasteiger partial charge in [-0.3, -0.25) is 9.69 Å². The second-order valence-electron chi connectivity index (χ2n) is 5.36. The van der Waals surface area contributed by atoms with E-state index in [1.165, 1.54) is 29.2 Å². The van der Waals surface area contributed by atoms with Crippen molar-refractivity contribution in [1.82, 2.24) is 0 Å². The van der Waals surface area contributed by atoms with Crippen LogP contribution in [0, 0.1) is 11.3 Å². The standard InChI is InChI=1S/C20H14N2O3/c21-13-14-1-3-15(4-2-14)20(25)22(16-5-9-18(23)10-6-16)17-7-11-19(24)12-8-17/h1-12,23-24H. The highest BCUT2D eigenvalue weighted by Gasteiger charge is 2.20. The molecule has 0 atom stereocenters. The van der Waals surface area contributed by atoms with Crippen molar-refractivity contribution < 1.29 is 15.0 Å². The number of benzene rings is 3. The largest absolute Gasteiger partial charge is 0.508 e. The van der Waals surface area contributed by atoms with Crippen LogP contribution < -0.4 is 4.90 Å². The summed E-state index contributed by atoms with van der Waals surface area (Å²) >= 11 is 0. The molecule has 3 aromatic rings. The number of rotatable bonds is 3. The Morgan fingerprint density at radius 3 is 1.60 bits per heavy atom. The molecule has 0 saturated carbocycles. The van der Waals surface area contributed by atoms with Gasteiger partial charge in [-0.25, -0.2) is 0 Å². The lowest BCUT2D eigenvalue weighted by Gasteiger charge is -2.23. The number of phenols is 2. The molecule has 3 rings (SSSR count). The van der Waals surface area contributed by atoms with Gasteiger partial charge in [0.05, 0.1) is 11.6 Å². The van der Waals surface area contributed by atoms with Crippen LogP contribution in [0.2, 0.25) is 0 Å². The lowest BCUT2D eigenvalue weighted by molar-refractivity contribution is 0.0999. The van der Waals surface area contributed by atoms with E-state index >= 15 is 0 Å². The van der Waals surface area contributed by atoms with Gasteiger partial charge in [-0.1, -0.05) is 0 Å². The van der Waals surface area contributed by atoms with Gasteiger partial charge in [-0.2, -0.15) is 5.26 Å². The summed E-state index contributed by atoms with van der Waals surface area (Å²) in [6.07, 6.45) is 0. The summed E-state index contributed by atoms with van der Waals surface area (Å²) in [5.74, 6) is -0.0960. The highest BCUT2D eigenvalue weighted by Crippen LogP contribution is 2.30. The van der Waals surface area contributed by atoms with Crippen LogP contribution in [0.25, 0.3) is 0 Å². The molecule has 0 saturated heterocycles. The fourth-order valence-corrected chi connectivity index (χ4v) is 2.40. The first kappa shape index (κ1) is 16.1. The Kier molecular flexibility index (Phi) is 4.36. The molecule has 122 valence electrons. The van der Waals surface area contributed by atoms with Crippen LogP contribution in [0.4, 0.5) is 11.4 Å². The van der Waals surface area contributed by atoms with Crippen LogP contribution in [-0.2, 0) is 0 Å². The summed E-state index contributed by atoms with van der Waals surface area (Å²) in [6, 6.07) is 20.9. The molecule has 1 amide bonds. The molecule has 0 fully saturated rings. The number of nitriles is 1. The van der Waals surface area contributed by atoms with Crippen LogP contribution in [-0.4, -0.2) is 16.1 Å². The molecule has 0 aliphatic carbocycles. The Hall–Kier alpha value is -3.78. The number of phenolic OH excluding ortho intramolecular Hbond substituents is 2. The first-order valence-electron chi connectivity index (χ1n) is 7.51. The minimum atomic E-state index is -0.291. The minimum absolute atomic E-state index is 0.0974. The topological polar surface area (TPSA) is 84.6 Å². The fourth-order valence-electron chi connectivity index (χ4n) is 2.40. The summed E-state index contributed by atoms with van der Waals surface area (Å²) in [5.41, 5.74) is 2.02. The molecule has 0 radical (unpaired) electrons. The fraction of sp³-hybridized carbons (Fsp3) is 0. The maximum Gasteiger partial charge on any atom is 0.262 e. The quantitative estimate of drug-likeness (QED) is 0.761. The zero-order valence-corrected chi connectivity index (χ0v) is 13.1. The van der Waals surface area contributed by atoms with Crippen LogP contribution in [0.5, 0.6) is 11.5 Å². The maximum absolute atomic E-state index is 13.0. The zero-order chi connectivity index (χ0) is 17.8. The SMILES string of the molecule is N#Cc1ccc(C(=O)N(c2ccc(O)cc2)c2ccc(O)cc2)cc1. The molecule has 0 spiro atoms. The van der Waals surface area contributed by atoms with Crippen LogP contribution in [0.15, 0.2) is 72.8 Å². The van der Waals surface area contributed by atoms with Crippen molar-refractivity contribution >= 4 is 17.3 Å². The molecule has 0 aliphatic heterocycles. The molecule has 0 aliphatic rings. The van der Waals surface area contributed by atoms with E-state index in [9.17, 15) is 15.0 Å². The molecule has 25 heavy (non-hydrogen) atoms. The van der Waals surface area contributed by atoms with Gasteiger partial charge >= 0.3 is 0 Å². The van der Waals surface area contributed by atoms with E-state index in [2.05, 4.69) is 0 Å². The van der Waals surface area contributed by atoms with Gasteiger partial charge < -0.3 is 10.2 Å². The predicted octanol–water partition coefficient (Wildman–Crippen LogP) is 3.95. The molecule has 5 heteroatoms. The third-order valence-corrected chi connectivity index (χ3v) is 3.68. The van der Waals surface area contributed by atoms with E-state index < -0.39 is 0 Å². The average molecular weight is 330 g/mol. The van der Waals surface area contributed by atoms with Crippen LogP contribution in [0.3, 0.4) is 0 Å². The van der Waals surface area contributed by atoms with E-state index in [4.69, 9.17) is 5.26 Å². The molecular weight excluding hydrogens is 316 g/mol. The Balaban J connectivity index is 2.06. The Morgan fingerprint density at radius 2 is 1.20 bits per heavy atom. The molecular formula is C20H14N2O3. The minimum Gasteiger partial charge on any atom is -0.508 e. The number of carbonyl (C=O) groups is 1. The van der Waals surface area contributed by atoms with E-state index in [-0.39, 0.29) is 17.4 Å². The number of aromatic hydroxyl groups is 2. The normalized spacial score (nSPS) is 10.0. The molecule has 3 aromatic carbocycles. The van der Waals surface area contributed by atoms with Crippen molar-refractivity contribution in [2.75, 3.05) is 4.90 Å². The van der Waals surface area contributed by atoms with Gasteiger partial charge in [-0.15, -0.1) is 0 Å². The summed E-state index contributed by atoms with van der Waals surface area (Å²) in [5, 5.41) is 27.9. The number of hydrogen-bond donors (Lipinski definition) is 2. The number of hydrogen-bond acceptors (Lipinski definition) is 4. The second kappa shape index (κ2) is 6.77. The lowest BCUT2D eigenvalue weighted by Crippen LogP contribution is -2.25. The highest BCUT2D eigenvalue weighted by atomic mass is 16.3. The number of anilines is 2. The monoisotopic (exact) mass is 330 g/mol. The van der Waals surface area contributed by atoms with Gasteiger partial charge in [0.25, 0.3) is 5.91 Å². The van der Waals surface area contributed by atoms with Crippen molar-refractivity contribution in [3.05, 3.63) is 83.9 Å². The smallest absolute Gasteiger partial charge is 0.262 e. The van der Waals surface area contributed by atoms with E-state index in [0.717, 1.165) is 0 Å². The van der Waals surface area contributed by atoms with E-state index in [1.54, 1.807) is 48.5 Å². The molecule has 0 aromatic heterocycles. The molecule has 5 nitrogen and oxygen atoms in total. The first-order valence-corrected chi connectivity index (χ1v) is 7.51. The summed E-state index contributed by atoms with van der Waals surface area (Å²) in [4.78, 5) is 14.5. The number of nitrogens with zero attached hydrogens (tertiary/aromatic N) is 2. The Bertz CT molecular complexity index is 879. The summed E-state index contributed by atoms with van der Waals surface area (Å²) in [6.45, 7) is 0. The molecule has 2 N–H and O–H groups in total. The molecule has 0 heterocycles. The maximum atomic E-state index is 13.0. The molecule has 0 bridgehead atoms. The second-order valence-corrected chi connectivity index (χ2v) is 5.36. The number of carbonyl (C=O) groups excluding carboxylic acids is 1. The van der Waals surface area contributed by atoms with Gasteiger partial charge in [0, 0.05) is 16.9 Å². The van der Waals surface area contributed by atoms with Crippen molar-refractivity contribution in [3.63, 3.8) is 0 Å². The molecule has 0 unspecified atom stereocenters. The third-order valence-electron chi connectivity index (χ3n) is 3.68. The van der Waals surface area contributed by atoms with E-state index in [1.807, 2.05) is 6.07 Å². The average Bonchev–Trinajstić information content (AvgIpc) is 2.65. The van der Waals surface area contributed by atoms with Crippen molar-refractivity contribution in [1.29, 1.82) is 5.26 Å². The Labute approximate surface area is 144 Å². The Morgan fingerprint density at radius 1 is 0.760 bits per heavy atom. The summed E-state index contributed by atoms with van der Waals surface area (Å²) in [7, 11) is 0. The van der Waals surface area contributed by atoms with Gasteiger partial charge in [0.2, 0.25) is 0 Å². The first-order chi connectivity index (χ1) is 12.1. The highest BCUT2D eigenvalue weighted by molar-refractivity contribution is 6.11. The third kappa shape index (κ3) is 3.43. The van der Waals surface area contributed by atoms with Crippen LogP contribution in [0.1, 0.15) is 15.9 Å². The summed E-state index contributed by atoms with van der Waals surface area (Å²) < 4.78 is 0. The zero-order valence-electron chi connectivity index (χ0n) is 13.1. The van der Waals surface area contributed by atoms with Gasteiger partial charge in [0.1, 0.15) is 11.5 Å². The van der Waals surface area contributed by atoms with Gasteiger partial charge in [0.15, 0.2) is 0 Å².